The first kappa shape index (κ1) is 14.6. The lowest BCUT2D eigenvalue weighted by molar-refractivity contribution is -0.178. The van der Waals surface area contributed by atoms with E-state index in [0.717, 1.165) is 17.9 Å². The highest BCUT2D eigenvalue weighted by Gasteiger charge is 2.60. The maximum absolute atomic E-state index is 9.79. The molecule has 4 heteroatoms. The molecule has 1 aliphatic carbocycles. The molecule has 1 saturated carbocycles. The molecule has 0 radical (unpaired) electrons. The number of hydrogen-bond donors (Lipinski definition) is 2. The number of ether oxygens (including phenoxy) is 1. The van der Waals surface area contributed by atoms with Crippen molar-refractivity contribution in [3.05, 3.63) is 23.7 Å². The van der Waals surface area contributed by atoms with Crippen molar-refractivity contribution in [3.63, 3.8) is 0 Å². The summed E-state index contributed by atoms with van der Waals surface area (Å²) in [4.78, 5) is 0. The van der Waals surface area contributed by atoms with Gasteiger partial charge in [0, 0.05) is 12.0 Å². The first-order chi connectivity index (χ1) is 8.95. The van der Waals surface area contributed by atoms with Crippen molar-refractivity contribution in [2.45, 2.75) is 52.3 Å². The van der Waals surface area contributed by atoms with Crippen LogP contribution in [0.5, 0.6) is 0 Å². The highest BCUT2D eigenvalue weighted by Crippen LogP contribution is 2.51. The standard InChI is InChI=1S/C15H25NO3/c1-5-18-13-8-15(10-17,14(13,3)4)16-9-12-7-6-11(2)19-12/h6-7,13,16-17H,5,8-10H2,1-4H3/t13-,15-/m0/s1. The fraction of sp³-hybridized carbons (Fsp3) is 0.733. The van der Waals surface area contributed by atoms with Crippen LogP contribution in [-0.4, -0.2) is 30.0 Å². The molecule has 1 heterocycles. The van der Waals surface area contributed by atoms with Gasteiger partial charge in [0.2, 0.25) is 0 Å². The maximum atomic E-state index is 9.79. The van der Waals surface area contributed by atoms with Gasteiger partial charge in [-0.05, 0) is 32.4 Å². The molecule has 19 heavy (non-hydrogen) atoms. The normalized spacial score (nSPS) is 29.2. The minimum atomic E-state index is -0.284. The number of rotatable bonds is 6. The molecule has 2 rings (SSSR count). The first-order valence-electron chi connectivity index (χ1n) is 6.98. The molecule has 1 fully saturated rings. The van der Waals surface area contributed by atoms with E-state index in [1.165, 1.54) is 0 Å². The van der Waals surface area contributed by atoms with E-state index in [-0.39, 0.29) is 23.7 Å². The van der Waals surface area contributed by atoms with Gasteiger partial charge in [-0.25, -0.2) is 0 Å². The number of nitrogens with one attached hydrogen (secondary N) is 1. The summed E-state index contributed by atoms with van der Waals surface area (Å²) in [5.41, 5.74) is -0.368. The zero-order valence-electron chi connectivity index (χ0n) is 12.3. The monoisotopic (exact) mass is 267 g/mol. The number of aryl methyl sites for hydroxylation is 1. The zero-order chi connectivity index (χ0) is 14.1. The fourth-order valence-corrected chi connectivity index (χ4v) is 2.94. The van der Waals surface area contributed by atoms with E-state index in [2.05, 4.69) is 19.2 Å². The van der Waals surface area contributed by atoms with E-state index >= 15 is 0 Å². The summed E-state index contributed by atoms with van der Waals surface area (Å²) in [6, 6.07) is 3.93. The molecule has 1 aromatic rings. The van der Waals surface area contributed by atoms with Gasteiger partial charge in [-0.2, -0.15) is 0 Å². The minimum absolute atomic E-state index is 0.0839. The summed E-state index contributed by atoms with van der Waals surface area (Å²) in [5.74, 6) is 1.82. The van der Waals surface area contributed by atoms with Gasteiger partial charge in [0.1, 0.15) is 11.5 Å². The van der Waals surface area contributed by atoms with E-state index in [9.17, 15) is 5.11 Å². The van der Waals surface area contributed by atoms with Crippen molar-refractivity contribution in [1.82, 2.24) is 5.32 Å². The fourth-order valence-electron chi connectivity index (χ4n) is 2.94. The van der Waals surface area contributed by atoms with Crippen LogP contribution >= 0.6 is 0 Å². The number of aliphatic hydroxyl groups is 1. The molecule has 4 nitrogen and oxygen atoms in total. The van der Waals surface area contributed by atoms with Gasteiger partial charge in [-0.3, -0.25) is 0 Å². The molecule has 2 N–H and O–H groups in total. The van der Waals surface area contributed by atoms with Crippen LogP contribution in [0.1, 0.15) is 38.7 Å². The molecule has 1 aromatic heterocycles. The SMILES string of the molecule is CCO[C@H]1C[C@@](CO)(NCc2ccc(C)o2)C1(C)C. The third-order valence-electron chi connectivity index (χ3n) is 4.61. The Kier molecular flexibility index (Phi) is 4.04. The molecule has 0 spiro atoms. The Morgan fingerprint density at radius 1 is 1.47 bits per heavy atom. The number of furan rings is 1. The summed E-state index contributed by atoms with van der Waals surface area (Å²) < 4.78 is 11.3. The number of hydrogen-bond acceptors (Lipinski definition) is 4. The second-order valence-electron chi connectivity index (χ2n) is 5.98. The van der Waals surface area contributed by atoms with Gasteiger partial charge in [0.25, 0.3) is 0 Å². The highest BCUT2D eigenvalue weighted by molar-refractivity contribution is 5.16. The van der Waals surface area contributed by atoms with E-state index in [1.54, 1.807) is 0 Å². The molecular formula is C15H25NO3. The van der Waals surface area contributed by atoms with E-state index in [4.69, 9.17) is 9.15 Å². The Labute approximate surface area is 115 Å². The lowest BCUT2D eigenvalue weighted by Crippen LogP contribution is -2.73. The Balaban J connectivity index is 2.00. The Hall–Kier alpha value is -0.840. The van der Waals surface area contributed by atoms with Gasteiger partial charge < -0.3 is 19.6 Å². The summed E-state index contributed by atoms with van der Waals surface area (Å²) in [5, 5.41) is 13.3. The molecule has 1 aliphatic rings. The molecule has 2 atom stereocenters. The summed E-state index contributed by atoms with van der Waals surface area (Å²) in [6.45, 7) is 9.70. The van der Waals surface area contributed by atoms with Crippen LogP contribution in [0.15, 0.2) is 16.5 Å². The van der Waals surface area contributed by atoms with Crippen molar-refractivity contribution in [1.29, 1.82) is 0 Å². The molecule has 108 valence electrons. The van der Waals surface area contributed by atoms with Gasteiger partial charge in [-0.15, -0.1) is 0 Å². The molecule has 0 unspecified atom stereocenters. The summed E-state index contributed by atoms with van der Waals surface area (Å²) >= 11 is 0. The highest BCUT2D eigenvalue weighted by atomic mass is 16.5. The zero-order valence-corrected chi connectivity index (χ0v) is 12.3. The molecular weight excluding hydrogens is 242 g/mol. The Morgan fingerprint density at radius 3 is 2.68 bits per heavy atom. The predicted octanol–water partition coefficient (Wildman–Crippen LogP) is 2.24. The van der Waals surface area contributed by atoms with Crippen molar-refractivity contribution in [3.8, 4) is 0 Å². The Morgan fingerprint density at radius 2 is 2.21 bits per heavy atom. The van der Waals surface area contributed by atoms with Crippen LogP contribution < -0.4 is 5.32 Å². The van der Waals surface area contributed by atoms with Gasteiger partial charge in [-0.1, -0.05) is 13.8 Å². The van der Waals surface area contributed by atoms with Crippen molar-refractivity contribution in [2.24, 2.45) is 5.41 Å². The van der Waals surface area contributed by atoms with E-state index < -0.39 is 0 Å². The van der Waals surface area contributed by atoms with Crippen LogP contribution in [0.2, 0.25) is 0 Å². The maximum Gasteiger partial charge on any atom is 0.117 e. The molecule has 0 amide bonds. The van der Waals surface area contributed by atoms with Crippen LogP contribution in [0, 0.1) is 12.3 Å². The topological polar surface area (TPSA) is 54.6 Å². The molecule has 0 saturated heterocycles. The Bertz CT molecular complexity index is 427. The lowest BCUT2D eigenvalue weighted by Gasteiger charge is -2.60. The van der Waals surface area contributed by atoms with Gasteiger partial charge in [0.15, 0.2) is 0 Å². The van der Waals surface area contributed by atoms with Gasteiger partial charge >= 0.3 is 0 Å². The quantitative estimate of drug-likeness (QED) is 0.830. The van der Waals surface area contributed by atoms with Crippen molar-refractivity contribution < 1.29 is 14.3 Å². The third kappa shape index (κ3) is 2.45. The average molecular weight is 267 g/mol. The largest absolute Gasteiger partial charge is 0.465 e. The van der Waals surface area contributed by atoms with Crippen LogP contribution in [-0.2, 0) is 11.3 Å². The second-order valence-corrected chi connectivity index (χ2v) is 5.98. The van der Waals surface area contributed by atoms with Gasteiger partial charge in [0.05, 0.1) is 24.8 Å². The first-order valence-corrected chi connectivity index (χ1v) is 6.98. The van der Waals surface area contributed by atoms with Crippen LogP contribution in [0.25, 0.3) is 0 Å². The third-order valence-corrected chi connectivity index (χ3v) is 4.61. The molecule has 0 aliphatic heterocycles. The van der Waals surface area contributed by atoms with Crippen molar-refractivity contribution >= 4 is 0 Å². The summed E-state index contributed by atoms with van der Waals surface area (Å²) in [7, 11) is 0. The minimum Gasteiger partial charge on any atom is -0.465 e. The molecule has 0 aromatic carbocycles. The average Bonchev–Trinajstić information content (AvgIpc) is 2.79. The second kappa shape index (κ2) is 5.27. The van der Waals surface area contributed by atoms with Crippen molar-refractivity contribution in [2.75, 3.05) is 13.2 Å². The smallest absolute Gasteiger partial charge is 0.117 e. The van der Waals surface area contributed by atoms with E-state index in [1.807, 2.05) is 26.0 Å². The van der Waals surface area contributed by atoms with Crippen LogP contribution in [0.3, 0.4) is 0 Å². The molecule has 0 bridgehead atoms. The predicted molar refractivity (Wildman–Crippen MR) is 73.9 cm³/mol. The van der Waals surface area contributed by atoms with E-state index in [0.29, 0.717) is 13.2 Å². The lowest BCUT2D eigenvalue weighted by atomic mass is 9.54. The van der Waals surface area contributed by atoms with Crippen LogP contribution in [0.4, 0.5) is 0 Å². The number of aliphatic hydroxyl groups excluding tert-OH is 1. The summed E-state index contributed by atoms with van der Waals surface area (Å²) in [6.07, 6.45) is 1.04.